The molecule has 1 N–H and O–H groups in total. The fraction of sp³-hybridized carbons (Fsp3) is 0.438. The van der Waals surface area contributed by atoms with E-state index in [1.165, 1.54) is 11.1 Å². The Hall–Kier alpha value is -1.77. The monoisotopic (exact) mass is 257 g/mol. The molecule has 3 heteroatoms. The number of aryl methyl sites for hydroxylation is 2. The highest BCUT2D eigenvalue weighted by Gasteiger charge is 2.07. The molecule has 3 nitrogen and oxygen atoms in total. The van der Waals surface area contributed by atoms with E-state index in [0.717, 1.165) is 24.7 Å². The second-order valence-corrected chi connectivity index (χ2v) is 5.53. The van der Waals surface area contributed by atoms with Crippen LogP contribution in [0.5, 0.6) is 0 Å². The second kappa shape index (κ2) is 5.91. The number of rotatable bonds is 5. The first kappa shape index (κ1) is 13.7. The minimum Gasteiger partial charge on any atom is -0.352 e. The minimum atomic E-state index is 0.618. The zero-order chi connectivity index (χ0) is 13.8. The van der Waals surface area contributed by atoms with Crippen LogP contribution in [0.15, 0.2) is 30.5 Å². The first-order valence-corrected chi connectivity index (χ1v) is 6.88. The first-order chi connectivity index (χ1) is 9.06. The summed E-state index contributed by atoms with van der Waals surface area (Å²) in [6.07, 6.45) is 2.11. The summed E-state index contributed by atoms with van der Waals surface area (Å²) >= 11 is 0. The number of benzene rings is 1. The van der Waals surface area contributed by atoms with Crippen LogP contribution in [0.25, 0.3) is 0 Å². The fourth-order valence-electron chi connectivity index (χ4n) is 2.20. The summed E-state index contributed by atoms with van der Waals surface area (Å²) in [5, 5.41) is 3.45. The molecule has 0 aliphatic carbocycles. The lowest BCUT2D eigenvalue weighted by Crippen LogP contribution is -2.10. The summed E-state index contributed by atoms with van der Waals surface area (Å²) in [4.78, 5) is 4.56. The predicted molar refractivity (Wildman–Crippen MR) is 80.3 cm³/mol. The number of hydrogen-bond acceptors (Lipinski definition) is 2. The van der Waals surface area contributed by atoms with Gasteiger partial charge in [0, 0.05) is 19.3 Å². The molecular weight excluding hydrogens is 234 g/mol. The first-order valence-electron chi connectivity index (χ1n) is 6.88. The molecule has 0 spiro atoms. The van der Waals surface area contributed by atoms with Crippen LogP contribution in [-0.4, -0.2) is 9.55 Å². The minimum absolute atomic E-state index is 0.618. The van der Waals surface area contributed by atoms with Crippen LogP contribution in [0.3, 0.4) is 0 Å². The van der Waals surface area contributed by atoms with Gasteiger partial charge in [-0.3, -0.25) is 0 Å². The van der Waals surface area contributed by atoms with Gasteiger partial charge >= 0.3 is 0 Å². The number of nitrogens with one attached hydrogen (secondary N) is 1. The third-order valence-electron chi connectivity index (χ3n) is 3.16. The molecule has 19 heavy (non-hydrogen) atoms. The van der Waals surface area contributed by atoms with Crippen molar-refractivity contribution in [2.24, 2.45) is 5.92 Å². The lowest BCUT2D eigenvalue weighted by atomic mass is 10.1. The van der Waals surface area contributed by atoms with Crippen molar-refractivity contribution < 1.29 is 0 Å². The maximum atomic E-state index is 4.56. The Morgan fingerprint density at radius 1 is 1.21 bits per heavy atom. The molecule has 0 fully saturated rings. The van der Waals surface area contributed by atoms with E-state index in [1.54, 1.807) is 0 Å². The Balaban J connectivity index is 2.09. The van der Waals surface area contributed by atoms with Crippen molar-refractivity contribution in [2.45, 2.75) is 40.8 Å². The van der Waals surface area contributed by atoms with Gasteiger partial charge in [-0.15, -0.1) is 0 Å². The van der Waals surface area contributed by atoms with Crippen molar-refractivity contribution in [3.05, 3.63) is 47.3 Å². The standard InChI is InChI=1S/C16H23N3/c1-12(2)10-19-11-14(4)18-16(19)17-9-15-8-6-5-7-13(15)3/h5-8,11-12H,9-10H2,1-4H3,(H,17,18). The van der Waals surface area contributed by atoms with Crippen molar-refractivity contribution in [1.82, 2.24) is 9.55 Å². The normalized spacial score (nSPS) is 11.0. The third kappa shape index (κ3) is 3.60. The predicted octanol–water partition coefficient (Wildman–Crippen LogP) is 3.77. The molecule has 2 rings (SSSR count). The number of aromatic nitrogens is 2. The molecule has 0 atom stereocenters. The van der Waals surface area contributed by atoms with E-state index in [2.05, 4.69) is 66.1 Å². The Kier molecular flexibility index (Phi) is 4.25. The van der Waals surface area contributed by atoms with Gasteiger partial charge in [0.15, 0.2) is 0 Å². The SMILES string of the molecule is Cc1cn(CC(C)C)c(NCc2ccccc2C)n1. The maximum absolute atomic E-state index is 4.56. The summed E-state index contributed by atoms with van der Waals surface area (Å²) in [7, 11) is 0. The number of hydrogen-bond donors (Lipinski definition) is 1. The topological polar surface area (TPSA) is 29.9 Å². The molecule has 0 saturated carbocycles. The van der Waals surface area contributed by atoms with E-state index >= 15 is 0 Å². The van der Waals surface area contributed by atoms with Crippen LogP contribution in [0.4, 0.5) is 5.95 Å². The average molecular weight is 257 g/mol. The van der Waals surface area contributed by atoms with Crippen LogP contribution in [0, 0.1) is 19.8 Å². The number of anilines is 1. The molecule has 0 aliphatic heterocycles. The van der Waals surface area contributed by atoms with Crippen LogP contribution in [-0.2, 0) is 13.1 Å². The smallest absolute Gasteiger partial charge is 0.203 e. The van der Waals surface area contributed by atoms with Gasteiger partial charge in [0.2, 0.25) is 5.95 Å². The number of nitrogens with zero attached hydrogens (tertiary/aromatic N) is 2. The van der Waals surface area contributed by atoms with Crippen molar-refractivity contribution in [2.75, 3.05) is 5.32 Å². The molecule has 0 unspecified atom stereocenters. The fourth-order valence-corrected chi connectivity index (χ4v) is 2.20. The van der Waals surface area contributed by atoms with Gasteiger partial charge in [0.1, 0.15) is 0 Å². The molecule has 102 valence electrons. The van der Waals surface area contributed by atoms with E-state index in [-0.39, 0.29) is 0 Å². The molecule has 0 aliphatic rings. The van der Waals surface area contributed by atoms with Crippen LogP contribution >= 0.6 is 0 Å². The zero-order valence-corrected chi connectivity index (χ0v) is 12.3. The van der Waals surface area contributed by atoms with Gasteiger partial charge in [0.05, 0.1) is 5.69 Å². The molecule has 2 aromatic rings. The molecular formula is C16H23N3. The largest absolute Gasteiger partial charge is 0.352 e. The van der Waals surface area contributed by atoms with E-state index in [0.29, 0.717) is 5.92 Å². The Labute approximate surface area is 115 Å². The summed E-state index contributed by atoms with van der Waals surface area (Å²) < 4.78 is 2.21. The van der Waals surface area contributed by atoms with Gasteiger partial charge in [-0.25, -0.2) is 4.98 Å². The van der Waals surface area contributed by atoms with E-state index in [4.69, 9.17) is 0 Å². The lowest BCUT2D eigenvalue weighted by Gasteiger charge is -2.12. The highest BCUT2D eigenvalue weighted by atomic mass is 15.2. The van der Waals surface area contributed by atoms with Gasteiger partial charge < -0.3 is 9.88 Å². The van der Waals surface area contributed by atoms with E-state index in [1.807, 2.05) is 6.92 Å². The number of imidazole rings is 1. The summed E-state index contributed by atoms with van der Waals surface area (Å²) in [5.74, 6) is 1.59. The van der Waals surface area contributed by atoms with Crippen molar-refractivity contribution >= 4 is 5.95 Å². The molecule has 1 aromatic heterocycles. The molecule has 1 aromatic carbocycles. The second-order valence-electron chi connectivity index (χ2n) is 5.53. The molecule has 0 bridgehead atoms. The van der Waals surface area contributed by atoms with Gasteiger partial charge in [-0.05, 0) is 30.9 Å². The van der Waals surface area contributed by atoms with Crippen molar-refractivity contribution in [3.63, 3.8) is 0 Å². The van der Waals surface area contributed by atoms with Gasteiger partial charge in [-0.1, -0.05) is 38.1 Å². The van der Waals surface area contributed by atoms with E-state index < -0.39 is 0 Å². The van der Waals surface area contributed by atoms with Crippen molar-refractivity contribution in [3.8, 4) is 0 Å². The molecule has 0 radical (unpaired) electrons. The zero-order valence-electron chi connectivity index (χ0n) is 12.3. The van der Waals surface area contributed by atoms with Gasteiger partial charge in [0.25, 0.3) is 0 Å². The van der Waals surface area contributed by atoms with Crippen LogP contribution in [0.1, 0.15) is 30.7 Å². The quantitative estimate of drug-likeness (QED) is 0.883. The third-order valence-corrected chi connectivity index (χ3v) is 3.16. The average Bonchev–Trinajstić information content (AvgIpc) is 2.67. The Morgan fingerprint density at radius 3 is 2.63 bits per heavy atom. The molecule has 1 heterocycles. The lowest BCUT2D eigenvalue weighted by molar-refractivity contribution is 0.526. The molecule has 0 amide bonds. The summed E-state index contributed by atoms with van der Waals surface area (Å²) in [5.41, 5.74) is 3.70. The van der Waals surface area contributed by atoms with Crippen LogP contribution < -0.4 is 5.32 Å². The van der Waals surface area contributed by atoms with E-state index in [9.17, 15) is 0 Å². The van der Waals surface area contributed by atoms with Crippen molar-refractivity contribution in [1.29, 1.82) is 0 Å². The summed E-state index contributed by atoms with van der Waals surface area (Å²) in [6.45, 7) is 10.4. The molecule has 0 saturated heterocycles. The Bertz CT molecular complexity index is 541. The van der Waals surface area contributed by atoms with Gasteiger partial charge in [-0.2, -0.15) is 0 Å². The van der Waals surface area contributed by atoms with Crippen LogP contribution in [0.2, 0.25) is 0 Å². The Morgan fingerprint density at radius 2 is 1.95 bits per heavy atom. The highest BCUT2D eigenvalue weighted by molar-refractivity contribution is 5.33. The maximum Gasteiger partial charge on any atom is 0.203 e. The summed E-state index contributed by atoms with van der Waals surface area (Å²) in [6, 6.07) is 8.45. The highest BCUT2D eigenvalue weighted by Crippen LogP contribution is 2.14.